The molecule has 3 nitrogen and oxygen atoms in total. The van der Waals surface area contributed by atoms with Crippen LogP contribution < -0.4 is 4.74 Å². The summed E-state index contributed by atoms with van der Waals surface area (Å²) in [4.78, 5) is 14.4. The lowest BCUT2D eigenvalue weighted by molar-refractivity contribution is -0.134. The van der Waals surface area contributed by atoms with Gasteiger partial charge in [-0.05, 0) is 37.5 Å². The Labute approximate surface area is 131 Å². The molecule has 0 spiro atoms. The molecule has 0 aromatic heterocycles. The molecule has 0 radical (unpaired) electrons. The Kier molecular flexibility index (Phi) is 4.42. The second-order valence-electron chi connectivity index (χ2n) is 5.76. The SMILES string of the molecule is Cc1ccc(OCC(=O)N2CCCC2c2ccccc2)cc1. The molecule has 1 atom stereocenters. The molecular weight excluding hydrogens is 274 g/mol. The van der Waals surface area contributed by atoms with Gasteiger partial charge in [0, 0.05) is 6.54 Å². The van der Waals surface area contributed by atoms with E-state index in [0.717, 1.165) is 25.1 Å². The summed E-state index contributed by atoms with van der Waals surface area (Å²) in [6, 6.07) is 18.2. The van der Waals surface area contributed by atoms with Crippen LogP contribution in [0.1, 0.15) is 30.0 Å². The maximum atomic E-state index is 12.5. The molecule has 1 heterocycles. The van der Waals surface area contributed by atoms with Crippen LogP contribution in [-0.4, -0.2) is 24.0 Å². The molecule has 1 amide bonds. The van der Waals surface area contributed by atoms with Crippen molar-refractivity contribution in [3.05, 3.63) is 65.7 Å². The van der Waals surface area contributed by atoms with E-state index < -0.39 is 0 Å². The fourth-order valence-electron chi connectivity index (χ4n) is 2.95. The van der Waals surface area contributed by atoms with Crippen molar-refractivity contribution in [3.8, 4) is 5.75 Å². The van der Waals surface area contributed by atoms with Crippen molar-refractivity contribution in [3.63, 3.8) is 0 Å². The minimum absolute atomic E-state index is 0.0620. The zero-order chi connectivity index (χ0) is 15.4. The Hall–Kier alpha value is -2.29. The highest BCUT2D eigenvalue weighted by molar-refractivity contribution is 5.78. The predicted octanol–water partition coefficient (Wildman–Crippen LogP) is 3.74. The molecule has 1 saturated heterocycles. The van der Waals surface area contributed by atoms with E-state index >= 15 is 0 Å². The fraction of sp³-hybridized carbons (Fsp3) is 0.316. The third kappa shape index (κ3) is 3.30. The molecule has 114 valence electrons. The molecule has 2 aromatic carbocycles. The molecule has 0 bridgehead atoms. The van der Waals surface area contributed by atoms with E-state index in [1.54, 1.807) is 0 Å². The van der Waals surface area contributed by atoms with Crippen LogP contribution in [0.4, 0.5) is 0 Å². The van der Waals surface area contributed by atoms with Gasteiger partial charge in [0.25, 0.3) is 5.91 Å². The number of rotatable bonds is 4. The van der Waals surface area contributed by atoms with Crippen molar-refractivity contribution in [2.75, 3.05) is 13.2 Å². The molecule has 3 rings (SSSR count). The van der Waals surface area contributed by atoms with Crippen LogP contribution in [0.2, 0.25) is 0 Å². The topological polar surface area (TPSA) is 29.5 Å². The van der Waals surface area contributed by atoms with Gasteiger partial charge in [0.05, 0.1) is 6.04 Å². The van der Waals surface area contributed by atoms with Crippen molar-refractivity contribution in [1.82, 2.24) is 4.90 Å². The summed E-state index contributed by atoms with van der Waals surface area (Å²) >= 11 is 0. The number of carbonyl (C=O) groups is 1. The molecule has 1 aliphatic rings. The number of likely N-dealkylation sites (tertiary alicyclic amines) is 1. The van der Waals surface area contributed by atoms with Gasteiger partial charge in [-0.2, -0.15) is 0 Å². The summed E-state index contributed by atoms with van der Waals surface area (Å²) in [5.41, 5.74) is 2.39. The maximum Gasteiger partial charge on any atom is 0.261 e. The number of carbonyl (C=O) groups excluding carboxylic acids is 1. The van der Waals surface area contributed by atoms with E-state index in [2.05, 4.69) is 12.1 Å². The van der Waals surface area contributed by atoms with Gasteiger partial charge in [0.1, 0.15) is 5.75 Å². The number of hydrogen-bond acceptors (Lipinski definition) is 2. The fourth-order valence-corrected chi connectivity index (χ4v) is 2.95. The van der Waals surface area contributed by atoms with Crippen LogP contribution in [0, 0.1) is 6.92 Å². The van der Waals surface area contributed by atoms with Gasteiger partial charge in [-0.15, -0.1) is 0 Å². The average Bonchev–Trinajstić information content (AvgIpc) is 3.04. The Balaban J connectivity index is 1.62. The van der Waals surface area contributed by atoms with Gasteiger partial charge in [-0.1, -0.05) is 48.0 Å². The van der Waals surface area contributed by atoms with E-state index in [0.29, 0.717) is 0 Å². The second kappa shape index (κ2) is 6.65. The number of amides is 1. The summed E-state index contributed by atoms with van der Waals surface area (Å²) in [6.07, 6.45) is 2.08. The second-order valence-corrected chi connectivity index (χ2v) is 5.76. The highest BCUT2D eigenvalue weighted by Crippen LogP contribution is 2.31. The van der Waals surface area contributed by atoms with Crippen LogP contribution >= 0.6 is 0 Å². The number of nitrogens with zero attached hydrogens (tertiary/aromatic N) is 1. The summed E-state index contributed by atoms with van der Waals surface area (Å²) in [5.74, 6) is 0.807. The van der Waals surface area contributed by atoms with Crippen LogP contribution in [0.3, 0.4) is 0 Å². The predicted molar refractivity (Wildman–Crippen MR) is 86.8 cm³/mol. The summed E-state index contributed by atoms with van der Waals surface area (Å²) in [6.45, 7) is 2.95. The van der Waals surface area contributed by atoms with Gasteiger partial charge in [-0.3, -0.25) is 4.79 Å². The molecule has 22 heavy (non-hydrogen) atoms. The zero-order valence-corrected chi connectivity index (χ0v) is 12.9. The number of benzene rings is 2. The Morgan fingerprint density at radius 2 is 1.86 bits per heavy atom. The molecule has 1 unspecified atom stereocenters. The lowest BCUT2D eigenvalue weighted by Crippen LogP contribution is -2.34. The first-order valence-electron chi connectivity index (χ1n) is 7.78. The molecule has 0 N–H and O–H groups in total. The normalized spacial score (nSPS) is 17.5. The first kappa shape index (κ1) is 14.6. The lowest BCUT2D eigenvalue weighted by Gasteiger charge is -2.25. The average molecular weight is 295 g/mol. The summed E-state index contributed by atoms with van der Waals surface area (Å²) < 4.78 is 5.63. The Bertz CT molecular complexity index is 622. The van der Waals surface area contributed by atoms with E-state index in [4.69, 9.17) is 4.74 Å². The minimum Gasteiger partial charge on any atom is -0.484 e. The molecule has 1 aliphatic heterocycles. The maximum absolute atomic E-state index is 12.5. The lowest BCUT2D eigenvalue weighted by atomic mass is 10.0. The van der Waals surface area contributed by atoms with Crippen molar-refractivity contribution < 1.29 is 9.53 Å². The van der Waals surface area contributed by atoms with Crippen LogP contribution in [0.15, 0.2) is 54.6 Å². The van der Waals surface area contributed by atoms with Crippen molar-refractivity contribution in [2.24, 2.45) is 0 Å². The molecule has 2 aromatic rings. The number of hydrogen-bond donors (Lipinski definition) is 0. The molecule has 1 fully saturated rings. The third-order valence-corrected chi connectivity index (χ3v) is 4.14. The number of ether oxygens (including phenoxy) is 1. The van der Waals surface area contributed by atoms with Gasteiger partial charge in [0.2, 0.25) is 0 Å². The summed E-state index contributed by atoms with van der Waals surface area (Å²) in [5, 5.41) is 0. The Morgan fingerprint density at radius 3 is 2.59 bits per heavy atom. The molecular formula is C19H21NO2. The van der Waals surface area contributed by atoms with E-state index in [1.807, 2.05) is 54.3 Å². The van der Waals surface area contributed by atoms with Gasteiger partial charge in [-0.25, -0.2) is 0 Å². The molecule has 3 heteroatoms. The minimum atomic E-state index is 0.0620. The van der Waals surface area contributed by atoms with E-state index in [1.165, 1.54) is 11.1 Å². The third-order valence-electron chi connectivity index (χ3n) is 4.14. The highest BCUT2D eigenvalue weighted by atomic mass is 16.5. The molecule has 0 saturated carbocycles. The standard InChI is InChI=1S/C19H21NO2/c1-15-9-11-17(12-10-15)22-14-19(21)20-13-5-8-18(20)16-6-3-2-4-7-16/h2-4,6-7,9-12,18H,5,8,13-14H2,1H3. The molecule has 0 aliphatic carbocycles. The summed E-state index contributed by atoms with van der Waals surface area (Å²) in [7, 11) is 0. The van der Waals surface area contributed by atoms with Gasteiger partial charge in [0.15, 0.2) is 6.61 Å². The van der Waals surface area contributed by atoms with Gasteiger partial charge >= 0.3 is 0 Å². The highest BCUT2D eigenvalue weighted by Gasteiger charge is 2.29. The van der Waals surface area contributed by atoms with Crippen molar-refractivity contribution in [2.45, 2.75) is 25.8 Å². The first-order chi connectivity index (χ1) is 10.7. The number of aryl methyl sites for hydroxylation is 1. The van der Waals surface area contributed by atoms with E-state index in [9.17, 15) is 4.79 Å². The van der Waals surface area contributed by atoms with Gasteiger partial charge < -0.3 is 9.64 Å². The van der Waals surface area contributed by atoms with Crippen LogP contribution in [-0.2, 0) is 4.79 Å². The van der Waals surface area contributed by atoms with Crippen LogP contribution in [0.25, 0.3) is 0 Å². The monoisotopic (exact) mass is 295 g/mol. The van der Waals surface area contributed by atoms with Crippen molar-refractivity contribution >= 4 is 5.91 Å². The largest absolute Gasteiger partial charge is 0.484 e. The van der Waals surface area contributed by atoms with Crippen LogP contribution in [0.5, 0.6) is 5.75 Å². The Morgan fingerprint density at radius 1 is 1.14 bits per heavy atom. The smallest absolute Gasteiger partial charge is 0.261 e. The zero-order valence-electron chi connectivity index (χ0n) is 12.9. The quantitative estimate of drug-likeness (QED) is 0.860. The van der Waals surface area contributed by atoms with E-state index in [-0.39, 0.29) is 18.6 Å². The first-order valence-corrected chi connectivity index (χ1v) is 7.78. The van der Waals surface area contributed by atoms with Crippen molar-refractivity contribution in [1.29, 1.82) is 0 Å².